The van der Waals surface area contributed by atoms with Gasteiger partial charge in [0.2, 0.25) is 0 Å². The standard InChI is InChI=1S/C14H21FN2S2/c1-8-6-11(15)4-5-12(8)14(17-16)13-7-18-9(2)10(3)19-13/h4-6,9-10,13-14,17H,7,16H2,1-3H3. The van der Waals surface area contributed by atoms with Gasteiger partial charge >= 0.3 is 0 Å². The van der Waals surface area contributed by atoms with Crippen molar-refractivity contribution in [1.29, 1.82) is 0 Å². The summed E-state index contributed by atoms with van der Waals surface area (Å²) in [7, 11) is 0. The summed E-state index contributed by atoms with van der Waals surface area (Å²) in [6.07, 6.45) is 0. The molecule has 4 unspecified atom stereocenters. The van der Waals surface area contributed by atoms with Gasteiger partial charge in [-0.25, -0.2) is 4.39 Å². The lowest BCUT2D eigenvalue weighted by Gasteiger charge is -2.36. The zero-order chi connectivity index (χ0) is 14.0. The largest absolute Gasteiger partial charge is 0.271 e. The van der Waals surface area contributed by atoms with Crippen LogP contribution in [0.25, 0.3) is 0 Å². The molecule has 4 atom stereocenters. The normalized spacial score (nSPS) is 29.2. The van der Waals surface area contributed by atoms with Crippen LogP contribution in [0.1, 0.15) is 31.0 Å². The van der Waals surface area contributed by atoms with Gasteiger partial charge in [-0.2, -0.15) is 23.5 Å². The quantitative estimate of drug-likeness (QED) is 0.664. The molecule has 0 aromatic heterocycles. The Kier molecular flexibility index (Phi) is 5.17. The molecule has 19 heavy (non-hydrogen) atoms. The van der Waals surface area contributed by atoms with Crippen molar-refractivity contribution in [2.75, 3.05) is 5.75 Å². The second kappa shape index (κ2) is 6.48. The Balaban J connectivity index is 2.20. The van der Waals surface area contributed by atoms with E-state index in [0.29, 0.717) is 15.7 Å². The predicted molar refractivity (Wildman–Crippen MR) is 84.0 cm³/mol. The first-order chi connectivity index (χ1) is 9.02. The number of hydrogen-bond acceptors (Lipinski definition) is 4. The molecule has 2 nitrogen and oxygen atoms in total. The topological polar surface area (TPSA) is 38.0 Å². The molecule has 5 heteroatoms. The zero-order valence-electron chi connectivity index (χ0n) is 11.5. The number of hydrazine groups is 1. The number of aryl methyl sites for hydroxylation is 1. The summed E-state index contributed by atoms with van der Waals surface area (Å²) in [6.45, 7) is 6.47. The van der Waals surface area contributed by atoms with Gasteiger partial charge in [0.15, 0.2) is 0 Å². The number of rotatable bonds is 3. The summed E-state index contributed by atoms with van der Waals surface area (Å²) in [5.41, 5.74) is 4.99. The molecule has 1 aromatic rings. The van der Waals surface area contributed by atoms with E-state index in [-0.39, 0.29) is 11.9 Å². The average molecular weight is 300 g/mol. The molecule has 0 radical (unpaired) electrons. The van der Waals surface area contributed by atoms with Crippen LogP contribution < -0.4 is 11.3 Å². The van der Waals surface area contributed by atoms with Gasteiger partial charge in [0.1, 0.15) is 5.82 Å². The molecular formula is C14H21FN2S2. The fourth-order valence-corrected chi connectivity index (χ4v) is 5.46. The van der Waals surface area contributed by atoms with E-state index >= 15 is 0 Å². The maximum Gasteiger partial charge on any atom is 0.123 e. The molecule has 106 valence electrons. The molecule has 1 aliphatic heterocycles. The number of hydrogen-bond donors (Lipinski definition) is 2. The van der Waals surface area contributed by atoms with Gasteiger partial charge in [0.05, 0.1) is 6.04 Å². The molecule has 1 saturated heterocycles. The second-order valence-corrected chi connectivity index (χ2v) is 8.09. The minimum atomic E-state index is -0.190. The van der Waals surface area contributed by atoms with E-state index < -0.39 is 0 Å². The van der Waals surface area contributed by atoms with Crippen molar-refractivity contribution in [2.24, 2.45) is 5.84 Å². The summed E-state index contributed by atoms with van der Waals surface area (Å²) in [5.74, 6) is 6.64. The molecule has 1 aliphatic rings. The summed E-state index contributed by atoms with van der Waals surface area (Å²) >= 11 is 3.97. The van der Waals surface area contributed by atoms with Crippen molar-refractivity contribution >= 4 is 23.5 Å². The Labute approximate surface area is 123 Å². The Morgan fingerprint density at radius 3 is 2.68 bits per heavy atom. The first kappa shape index (κ1) is 15.2. The van der Waals surface area contributed by atoms with Gasteiger partial charge in [-0.3, -0.25) is 11.3 Å². The molecule has 1 fully saturated rings. The molecule has 0 bridgehead atoms. The lowest BCUT2D eigenvalue weighted by Crippen LogP contribution is -2.40. The van der Waals surface area contributed by atoms with Crippen molar-refractivity contribution < 1.29 is 4.39 Å². The van der Waals surface area contributed by atoms with Crippen LogP contribution in [0.15, 0.2) is 18.2 Å². The lowest BCUT2D eigenvalue weighted by molar-refractivity contribution is 0.544. The van der Waals surface area contributed by atoms with E-state index in [1.54, 1.807) is 6.07 Å². The Morgan fingerprint density at radius 1 is 1.37 bits per heavy atom. The van der Waals surface area contributed by atoms with Crippen molar-refractivity contribution in [3.05, 3.63) is 35.1 Å². The van der Waals surface area contributed by atoms with Crippen LogP contribution in [-0.2, 0) is 0 Å². The smallest absolute Gasteiger partial charge is 0.123 e. The SMILES string of the molecule is Cc1cc(F)ccc1C(NN)C1CSC(C)C(C)S1. The maximum absolute atomic E-state index is 13.2. The number of nitrogens with two attached hydrogens (primary N) is 1. The monoisotopic (exact) mass is 300 g/mol. The fourth-order valence-electron chi connectivity index (χ4n) is 2.37. The van der Waals surface area contributed by atoms with Gasteiger partial charge in [-0.15, -0.1) is 0 Å². The number of benzene rings is 1. The van der Waals surface area contributed by atoms with E-state index in [4.69, 9.17) is 5.84 Å². The molecule has 1 aromatic carbocycles. The molecule has 0 spiro atoms. The van der Waals surface area contributed by atoms with Crippen molar-refractivity contribution in [3.8, 4) is 0 Å². The molecule has 3 N–H and O–H groups in total. The average Bonchev–Trinajstić information content (AvgIpc) is 2.37. The van der Waals surface area contributed by atoms with Crippen molar-refractivity contribution in [1.82, 2.24) is 5.43 Å². The van der Waals surface area contributed by atoms with E-state index in [1.807, 2.05) is 36.5 Å². The Hall–Kier alpha value is -0.230. The van der Waals surface area contributed by atoms with Crippen LogP contribution in [0.5, 0.6) is 0 Å². The third-order valence-electron chi connectivity index (χ3n) is 3.69. The minimum Gasteiger partial charge on any atom is -0.271 e. The first-order valence-electron chi connectivity index (χ1n) is 6.52. The van der Waals surface area contributed by atoms with Crippen LogP contribution in [0.3, 0.4) is 0 Å². The number of halogens is 1. The van der Waals surface area contributed by atoms with Crippen LogP contribution >= 0.6 is 23.5 Å². The van der Waals surface area contributed by atoms with Crippen LogP contribution in [0.2, 0.25) is 0 Å². The van der Waals surface area contributed by atoms with Gasteiger partial charge in [-0.05, 0) is 30.2 Å². The van der Waals surface area contributed by atoms with Gasteiger partial charge in [0.25, 0.3) is 0 Å². The number of nitrogens with one attached hydrogen (secondary N) is 1. The maximum atomic E-state index is 13.2. The van der Waals surface area contributed by atoms with E-state index in [0.717, 1.165) is 16.9 Å². The highest BCUT2D eigenvalue weighted by Gasteiger charge is 2.32. The first-order valence-corrected chi connectivity index (χ1v) is 8.51. The third-order valence-corrected chi connectivity index (χ3v) is 7.19. The summed E-state index contributed by atoms with van der Waals surface area (Å²) in [6, 6.07) is 5.02. The van der Waals surface area contributed by atoms with Crippen molar-refractivity contribution in [2.45, 2.75) is 42.6 Å². The molecular weight excluding hydrogens is 279 g/mol. The van der Waals surface area contributed by atoms with E-state index in [1.165, 1.54) is 6.07 Å². The second-order valence-electron chi connectivity index (χ2n) is 5.06. The minimum absolute atomic E-state index is 0.0769. The predicted octanol–water partition coefficient (Wildman–Crippen LogP) is 3.26. The highest BCUT2D eigenvalue weighted by Crippen LogP contribution is 2.41. The van der Waals surface area contributed by atoms with Crippen LogP contribution in [0.4, 0.5) is 4.39 Å². The van der Waals surface area contributed by atoms with Gasteiger partial charge in [-0.1, -0.05) is 19.9 Å². The van der Waals surface area contributed by atoms with Crippen LogP contribution in [0, 0.1) is 12.7 Å². The summed E-state index contributed by atoms with van der Waals surface area (Å²) in [5, 5.41) is 1.71. The third kappa shape index (κ3) is 3.45. The molecule has 0 aliphatic carbocycles. The Morgan fingerprint density at radius 2 is 2.11 bits per heavy atom. The van der Waals surface area contributed by atoms with Gasteiger partial charge in [0, 0.05) is 21.5 Å². The lowest BCUT2D eigenvalue weighted by atomic mass is 9.99. The highest BCUT2D eigenvalue weighted by molar-refractivity contribution is 8.07. The molecule has 0 amide bonds. The molecule has 2 rings (SSSR count). The fraction of sp³-hybridized carbons (Fsp3) is 0.571. The summed E-state index contributed by atoms with van der Waals surface area (Å²) < 4.78 is 13.2. The highest BCUT2D eigenvalue weighted by atomic mass is 32.2. The summed E-state index contributed by atoms with van der Waals surface area (Å²) in [4.78, 5) is 0. The van der Waals surface area contributed by atoms with E-state index in [9.17, 15) is 4.39 Å². The van der Waals surface area contributed by atoms with Crippen LogP contribution in [-0.4, -0.2) is 21.5 Å². The Bertz CT molecular complexity index is 441. The number of thioether (sulfide) groups is 2. The molecule has 1 heterocycles. The zero-order valence-corrected chi connectivity index (χ0v) is 13.2. The van der Waals surface area contributed by atoms with E-state index in [2.05, 4.69) is 19.3 Å². The molecule has 0 saturated carbocycles. The van der Waals surface area contributed by atoms with Gasteiger partial charge < -0.3 is 0 Å². The van der Waals surface area contributed by atoms with Crippen molar-refractivity contribution in [3.63, 3.8) is 0 Å².